The van der Waals surface area contributed by atoms with Gasteiger partial charge in [0.15, 0.2) is 0 Å². The number of likely N-dealkylation sites (tertiary alicyclic amines) is 5. The minimum absolute atomic E-state index is 0.489. The highest BCUT2D eigenvalue weighted by atomic mass is 15.2. The van der Waals surface area contributed by atoms with Gasteiger partial charge in [-0.05, 0) is 304 Å². The van der Waals surface area contributed by atoms with E-state index in [4.69, 9.17) is 0 Å². The highest BCUT2D eigenvalue weighted by Gasteiger charge is 2.33. The van der Waals surface area contributed by atoms with Gasteiger partial charge in [-0.3, -0.25) is 0 Å². The zero-order chi connectivity index (χ0) is 68.1. The van der Waals surface area contributed by atoms with Crippen LogP contribution in [0.2, 0.25) is 0 Å². The molecule has 0 saturated carbocycles. The lowest BCUT2D eigenvalue weighted by Gasteiger charge is -2.44. The number of nitrogens with zero attached hydrogens (tertiary/aromatic N) is 9. The van der Waals surface area contributed by atoms with Crippen LogP contribution in [0.5, 0.6) is 0 Å². The molecule has 0 radical (unpaired) electrons. The molecule has 1 atom stereocenters. The molecular formula is C80H171N9. The second-order valence-electron chi connectivity index (χ2n) is 37.4. The SMILES string of the molecule is CC(C)(C)CCCN1CCCC1.CC(C)(C)CCN1CCCC1.CCN(C)CCC(C)(C)C.CCN(CC)CCCC(C)(C)C.CCN1CCC(N2CCC(C(C)(C)C)CC2)CC1.CCN1CCCC(CC(C)(C)C)C1.CN1CCN(CCC(C)(C)C)CC1. The minimum Gasteiger partial charge on any atom is -0.307 e. The molecule has 6 saturated heterocycles. The summed E-state index contributed by atoms with van der Waals surface area (Å²) in [5.41, 5.74) is 3.56. The van der Waals surface area contributed by atoms with Gasteiger partial charge >= 0.3 is 0 Å². The summed E-state index contributed by atoms with van der Waals surface area (Å²) < 4.78 is 0. The van der Waals surface area contributed by atoms with Crippen molar-refractivity contribution < 1.29 is 0 Å². The molecule has 0 N–H and O–H groups in total. The van der Waals surface area contributed by atoms with Crippen LogP contribution < -0.4 is 0 Å². The van der Waals surface area contributed by atoms with E-state index in [9.17, 15) is 0 Å². The number of hydrogen-bond acceptors (Lipinski definition) is 9. The number of likely N-dealkylation sites (N-methyl/N-ethyl adjacent to an activating group) is 1. The summed E-state index contributed by atoms with van der Waals surface area (Å²) in [7, 11) is 4.38. The molecule has 6 aliphatic rings. The van der Waals surface area contributed by atoms with Crippen molar-refractivity contribution in [2.75, 3.05) is 171 Å². The molecule has 1 unspecified atom stereocenters. The van der Waals surface area contributed by atoms with Crippen molar-refractivity contribution in [1.82, 2.24) is 44.1 Å². The molecule has 0 aromatic rings. The summed E-state index contributed by atoms with van der Waals surface area (Å²) in [4.78, 5) is 23.0. The molecule has 0 aromatic carbocycles. The van der Waals surface area contributed by atoms with Crippen molar-refractivity contribution in [3.63, 3.8) is 0 Å². The van der Waals surface area contributed by atoms with Gasteiger partial charge in [-0.25, -0.2) is 0 Å². The third-order valence-electron chi connectivity index (χ3n) is 20.1. The Morgan fingerprint density at radius 2 is 0.775 bits per heavy atom. The third-order valence-corrected chi connectivity index (χ3v) is 20.1. The van der Waals surface area contributed by atoms with E-state index in [1.807, 2.05) is 0 Å². The standard InChI is InChI=1S/C16H32N2.C12H25N.C11H24N2.C11H23N.C11H25N.C10H21N.C9H21N/c1-5-17-10-8-15(9-11-17)18-12-6-14(7-13-18)16(2,3)4;1-5-13-8-6-7-11(10-13)9-12(2,3)4;1-11(2,3)5-6-13-9-7-12(4)8-10-13;1-11(2,3)7-6-10-12-8-4-5-9-12;1-6-12(7-2)10-8-9-11(3,4)5;1-10(2,3)6-9-11-7-4-5-8-11;1-6-10(5)8-7-9(2,3)4/h14-15H,5-13H2,1-4H3;11H,5-10H2,1-4H3;5-10H2,1-4H3;4-10H2,1-3H3;6-10H2,1-5H3;4-9H2,1-3H3;6-8H2,1-5H3. The average molecular weight is 1260 g/mol. The van der Waals surface area contributed by atoms with Gasteiger partial charge in [0.25, 0.3) is 0 Å². The highest BCUT2D eigenvalue weighted by molar-refractivity contribution is 4.87. The zero-order valence-corrected chi connectivity index (χ0v) is 67.0. The minimum atomic E-state index is 0.489. The molecule has 0 bridgehead atoms. The predicted octanol–water partition coefficient (Wildman–Crippen LogP) is 19.0. The average Bonchev–Trinajstić information content (AvgIpc) is 3.44. The first-order valence-corrected chi connectivity index (χ1v) is 38.5. The van der Waals surface area contributed by atoms with Gasteiger partial charge in [0.05, 0.1) is 0 Å². The highest BCUT2D eigenvalue weighted by Crippen LogP contribution is 2.36. The first-order chi connectivity index (χ1) is 41.1. The lowest BCUT2D eigenvalue weighted by Crippen LogP contribution is -2.48. The van der Waals surface area contributed by atoms with Crippen LogP contribution in [0.4, 0.5) is 0 Å². The van der Waals surface area contributed by atoms with Gasteiger partial charge in [-0.2, -0.15) is 0 Å². The summed E-state index contributed by atoms with van der Waals surface area (Å²) in [6, 6.07) is 0.883. The summed E-state index contributed by atoms with van der Waals surface area (Å²) in [6.45, 7) is 91.1. The Balaban J connectivity index is 0.00000102. The molecule has 0 aromatic heterocycles. The van der Waals surface area contributed by atoms with Gasteiger partial charge in [-0.15, -0.1) is 0 Å². The summed E-state index contributed by atoms with van der Waals surface area (Å²) in [5, 5.41) is 0. The van der Waals surface area contributed by atoms with Crippen molar-refractivity contribution in [3.05, 3.63) is 0 Å². The van der Waals surface area contributed by atoms with Gasteiger partial charge < -0.3 is 44.1 Å². The molecule has 6 heterocycles. The summed E-state index contributed by atoms with van der Waals surface area (Å²) in [5.74, 6) is 1.89. The second-order valence-corrected chi connectivity index (χ2v) is 37.4. The number of rotatable bonds is 19. The van der Waals surface area contributed by atoms with Crippen molar-refractivity contribution in [2.24, 2.45) is 49.7 Å². The monoisotopic (exact) mass is 1260 g/mol. The van der Waals surface area contributed by atoms with E-state index in [0.717, 1.165) is 24.4 Å². The predicted molar refractivity (Wildman–Crippen MR) is 404 cm³/mol. The Morgan fingerprint density at radius 3 is 1.17 bits per heavy atom. The Bertz CT molecular complexity index is 1580. The second kappa shape index (κ2) is 46.0. The lowest BCUT2D eigenvalue weighted by molar-refractivity contribution is 0.0530. The maximum atomic E-state index is 2.79. The first-order valence-electron chi connectivity index (χ1n) is 38.5. The first kappa shape index (κ1) is 88.6. The Kier molecular flexibility index (Phi) is 45.8. The zero-order valence-electron chi connectivity index (χ0n) is 67.0. The van der Waals surface area contributed by atoms with Crippen LogP contribution in [0.25, 0.3) is 0 Å². The van der Waals surface area contributed by atoms with E-state index < -0.39 is 0 Å². The smallest absolute Gasteiger partial charge is 0.0120 e. The molecule has 6 fully saturated rings. The van der Waals surface area contributed by atoms with E-state index in [1.54, 1.807) is 0 Å². The van der Waals surface area contributed by atoms with E-state index in [0.29, 0.717) is 37.9 Å². The van der Waals surface area contributed by atoms with Crippen molar-refractivity contribution in [2.45, 2.75) is 302 Å². The van der Waals surface area contributed by atoms with Crippen LogP contribution in [0.15, 0.2) is 0 Å². The Hall–Kier alpha value is -0.360. The maximum absolute atomic E-state index is 2.79. The fourth-order valence-corrected chi connectivity index (χ4v) is 13.2. The molecule has 6 aliphatic heterocycles. The Labute approximate surface area is 563 Å². The van der Waals surface area contributed by atoms with Gasteiger partial charge in [-0.1, -0.05) is 180 Å². The quantitative estimate of drug-likeness (QED) is 0.125. The number of piperazine rings is 1. The van der Waals surface area contributed by atoms with Crippen LogP contribution in [0.1, 0.15) is 296 Å². The van der Waals surface area contributed by atoms with Crippen LogP contribution in [-0.2, 0) is 0 Å². The van der Waals surface area contributed by atoms with Crippen molar-refractivity contribution in [1.29, 1.82) is 0 Å². The molecule has 6 rings (SSSR count). The number of piperidine rings is 3. The molecule has 536 valence electrons. The van der Waals surface area contributed by atoms with E-state index in [2.05, 4.69) is 238 Å². The molecule has 9 nitrogen and oxygen atoms in total. The van der Waals surface area contributed by atoms with Crippen LogP contribution in [0.3, 0.4) is 0 Å². The fraction of sp³-hybridized carbons (Fsp3) is 1.00. The third kappa shape index (κ3) is 52.5. The normalized spacial score (nSPS) is 20.9. The van der Waals surface area contributed by atoms with Gasteiger partial charge in [0, 0.05) is 38.8 Å². The maximum Gasteiger partial charge on any atom is 0.0120 e. The van der Waals surface area contributed by atoms with Gasteiger partial charge in [0.2, 0.25) is 0 Å². The molecule has 89 heavy (non-hydrogen) atoms. The summed E-state index contributed by atoms with van der Waals surface area (Å²) in [6.07, 6.45) is 24.9. The van der Waals surface area contributed by atoms with Crippen molar-refractivity contribution in [3.8, 4) is 0 Å². The molecule has 0 amide bonds. The van der Waals surface area contributed by atoms with Crippen molar-refractivity contribution >= 4 is 0 Å². The Morgan fingerprint density at radius 1 is 0.360 bits per heavy atom. The number of hydrogen-bond donors (Lipinski definition) is 0. The van der Waals surface area contributed by atoms with Gasteiger partial charge in [0.1, 0.15) is 0 Å². The lowest BCUT2D eigenvalue weighted by atomic mass is 9.75. The van der Waals surface area contributed by atoms with E-state index in [1.165, 1.54) is 266 Å². The van der Waals surface area contributed by atoms with Crippen LogP contribution >= 0.6 is 0 Å². The molecule has 0 spiro atoms. The van der Waals surface area contributed by atoms with Crippen LogP contribution in [0, 0.1) is 49.7 Å². The topological polar surface area (TPSA) is 29.2 Å². The van der Waals surface area contributed by atoms with E-state index in [-0.39, 0.29) is 0 Å². The molecule has 0 aliphatic carbocycles. The summed E-state index contributed by atoms with van der Waals surface area (Å²) >= 11 is 0. The van der Waals surface area contributed by atoms with Crippen LogP contribution in [-0.4, -0.2) is 221 Å². The van der Waals surface area contributed by atoms with E-state index >= 15 is 0 Å². The molecular weight excluding hydrogens is 1090 g/mol. The fourth-order valence-electron chi connectivity index (χ4n) is 13.2. The molecule has 9 heteroatoms. The largest absolute Gasteiger partial charge is 0.307 e.